The van der Waals surface area contributed by atoms with E-state index < -0.39 is 49.0 Å². The molecule has 1 spiro atoms. The number of aromatic amines is 1. The van der Waals surface area contributed by atoms with Gasteiger partial charge in [-0.2, -0.15) is 4.98 Å². The predicted octanol–water partition coefficient (Wildman–Crippen LogP) is 9.03. The van der Waals surface area contributed by atoms with Gasteiger partial charge >= 0.3 is 0 Å². The first-order chi connectivity index (χ1) is 35.0. The minimum absolute atomic E-state index is 0.0213. The van der Waals surface area contributed by atoms with Crippen LogP contribution in [0.2, 0.25) is 0 Å². The topological polar surface area (TPSA) is 211 Å². The molecule has 17 nitrogen and oxygen atoms in total. The van der Waals surface area contributed by atoms with Gasteiger partial charge in [-0.1, -0.05) is 44.5 Å². The molecule has 2 aromatic heterocycles. The van der Waals surface area contributed by atoms with Gasteiger partial charge in [-0.25, -0.2) is 17.5 Å². The van der Waals surface area contributed by atoms with Gasteiger partial charge in [-0.15, -0.1) is 0 Å². The number of ether oxygens (including phenoxy) is 4. The average molecular weight is 1020 g/mol. The van der Waals surface area contributed by atoms with Gasteiger partial charge in [0.2, 0.25) is 0 Å². The number of hydrogen-bond acceptors (Lipinski definition) is 14. The quantitative estimate of drug-likeness (QED) is 0.0537. The van der Waals surface area contributed by atoms with Gasteiger partial charge < -0.3 is 39.3 Å². The Bertz CT molecular complexity index is 2940. The molecule has 3 saturated heterocycles. The van der Waals surface area contributed by atoms with Gasteiger partial charge in [0.05, 0.1) is 46.2 Å². The van der Waals surface area contributed by atoms with Gasteiger partial charge in [0.25, 0.3) is 27.5 Å². The Morgan fingerprint density at radius 3 is 2.53 bits per heavy atom. The van der Waals surface area contributed by atoms with E-state index in [1.54, 1.807) is 19.1 Å². The molecule has 1 amide bonds. The number of nitro groups is 1. The molecule has 5 aromatic rings. The zero-order valence-corrected chi connectivity index (χ0v) is 42.6. The third kappa shape index (κ3) is 11.0. The van der Waals surface area contributed by atoms with Crippen LogP contribution in [0.1, 0.15) is 112 Å². The van der Waals surface area contributed by atoms with E-state index in [4.69, 9.17) is 18.9 Å². The molecule has 5 aliphatic rings. The van der Waals surface area contributed by atoms with Crippen molar-refractivity contribution in [3.05, 3.63) is 106 Å². The number of nitrogens with one attached hydrogen (secondary N) is 3. The molecule has 5 heterocycles. The maximum absolute atomic E-state index is 15.1. The van der Waals surface area contributed by atoms with Gasteiger partial charge in [0.1, 0.15) is 35.6 Å². The summed E-state index contributed by atoms with van der Waals surface area (Å²) in [7, 11) is -4.70. The maximum Gasteiger partial charge on any atom is 0.293 e. The van der Waals surface area contributed by atoms with E-state index in [1.165, 1.54) is 54.7 Å². The summed E-state index contributed by atoms with van der Waals surface area (Å²) in [5.74, 6) is -0.615. The molecule has 10 rings (SSSR count). The highest BCUT2D eigenvalue weighted by Crippen LogP contribution is 2.49. The van der Waals surface area contributed by atoms with E-state index in [9.17, 15) is 28.4 Å². The lowest BCUT2D eigenvalue weighted by Gasteiger charge is -2.57. The minimum Gasteiger partial charge on any atom is -0.472 e. The number of piperidine rings is 1. The Morgan fingerprint density at radius 2 is 1.79 bits per heavy atom. The van der Waals surface area contributed by atoms with Crippen LogP contribution in [0.3, 0.4) is 0 Å². The van der Waals surface area contributed by atoms with Crippen molar-refractivity contribution in [1.82, 2.24) is 19.6 Å². The number of halogens is 1. The van der Waals surface area contributed by atoms with Crippen LogP contribution in [0.15, 0.2) is 77.8 Å². The first-order valence-electron chi connectivity index (χ1n) is 25.7. The Balaban J connectivity index is 0.890. The lowest BCUT2D eigenvalue weighted by molar-refractivity contribution is -0.384. The van der Waals surface area contributed by atoms with Crippen molar-refractivity contribution in [2.75, 3.05) is 69.4 Å². The van der Waals surface area contributed by atoms with Crippen LogP contribution in [-0.4, -0.2) is 116 Å². The van der Waals surface area contributed by atoms with Gasteiger partial charge in [-0.05, 0) is 117 Å². The summed E-state index contributed by atoms with van der Waals surface area (Å²) >= 11 is 0. The lowest BCUT2D eigenvalue weighted by Crippen LogP contribution is -2.63. The van der Waals surface area contributed by atoms with E-state index >= 15 is 4.39 Å². The van der Waals surface area contributed by atoms with E-state index in [-0.39, 0.29) is 64.2 Å². The molecule has 19 heteroatoms. The lowest BCUT2D eigenvalue weighted by atomic mass is 9.70. The summed E-state index contributed by atoms with van der Waals surface area (Å²) in [6.45, 7) is 11.5. The van der Waals surface area contributed by atoms with Crippen molar-refractivity contribution in [3.63, 3.8) is 0 Å². The Hall–Kier alpha value is -5.86. The monoisotopic (exact) mass is 1020 g/mol. The number of amides is 1. The minimum atomic E-state index is -4.70. The molecule has 4 N–H and O–H groups in total. The number of aliphatic hydroxyl groups is 1. The van der Waals surface area contributed by atoms with Gasteiger partial charge in [-0.3, -0.25) is 19.8 Å². The van der Waals surface area contributed by atoms with Gasteiger partial charge in [0, 0.05) is 68.8 Å². The number of rotatable bonds is 16. The second-order valence-corrected chi connectivity index (χ2v) is 23.1. The molecule has 3 aromatic carbocycles. The third-order valence-electron chi connectivity index (χ3n) is 16.0. The van der Waals surface area contributed by atoms with E-state index in [0.717, 1.165) is 69.8 Å². The SMILES string of the molecule is CC(C)c1ccccc1[C@H]1CCC[C@H]1N1CC2(CCN(c3ccc(C(=O)NS(=O)(=O)c4ccc(NC[C@H]5CC[C@](C)(O)CC5)c([N+](=O)[O-])c4)c(Oc4cc5c(F)c[nH]c5nc4OC[C@@H]4COCCO4)c3)CC2)C1. The average Bonchev–Trinajstić information content (AvgIpc) is 4.01. The molecule has 2 aliphatic carbocycles. The molecule has 3 atom stereocenters. The predicted molar refractivity (Wildman–Crippen MR) is 274 cm³/mol. The molecule has 0 radical (unpaired) electrons. The van der Waals surface area contributed by atoms with Crippen LogP contribution in [0.4, 0.5) is 21.5 Å². The second kappa shape index (κ2) is 20.8. The highest BCUT2D eigenvalue weighted by Gasteiger charge is 2.49. The molecular weight excluding hydrogens is 958 g/mol. The molecule has 5 fully saturated rings. The van der Waals surface area contributed by atoms with Crippen molar-refractivity contribution in [2.45, 2.75) is 113 Å². The number of H-pyrrole nitrogens is 1. The molecule has 0 unspecified atom stereocenters. The maximum atomic E-state index is 15.1. The number of anilines is 2. The smallest absolute Gasteiger partial charge is 0.293 e. The van der Waals surface area contributed by atoms with Crippen molar-refractivity contribution in [2.24, 2.45) is 11.3 Å². The fourth-order valence-corrected chi connectivity index (χ4v) is 12.7. The summed E-state index contributed by atoms with van der Waals surface area (Å²) in [6.07, 6.45) is 8.99. The number of nitrogens with zero attached hydrogens (tertiary/aromatic N) is 4. The van der Waals surface area contributed by atoms with Crippen molar-refractivity contribution >= 4 is 44.0 Å². The normalized spacial score (nSPS) is 24.4. The van der Waals surface area contributed by atoms with Crippen molar-refractivity contribution in [3.8, 4) is 17.4 Å². The number of carbonyl (C=O) groups is 1. The fourth-order valence-electron chi connectivity index (χ4n) is 11.8. The molecule has 73 heavy (non-hydrogen) atoms. The van der Waals surface area contributed by atoms with Gasteiger partial charge in [0.15, 0.2) is 5.75 Å². The highest BCUT2D eigenvalue weighted by molar-refractivity contribution is 7.90. The highest BCUT2D eigenvalue weighted by atomic mass is 32.2. The summed E-state index contributed by atoms with van der Waals surface area (Å²) in [5.41, 5.74) is 2.81. The van der Waals surface area contributed by atoms with E-state index in [0.29, 0.717) is 50.5 Å². The van der Waals surface area contributed by atoms with Crippen LogP contribution in [0.25, 0.3) is 11.0 Å². The number of likely N-dealkylation sites (tertiary alicyclic amines) is 1. The van der Waals surface area contributed by atoms with Crippen molar-refractivity contribution in [1.29, 1.82) is 0 Å². The third-order valence-corrected chi connectivity index (χ3v) is 17.3. The number of sulfonamides is 1. The summed E-state index contributed by atoms with van der Waals surface area (Å²) in [4.78, 5) is 37.7. The van der Waals surface area contributed by atoms with Crippen LogP contribution in [0, 0.1) is 27.3 Å². The summed E-state index contributed by atoms with van der Waals surface area (Å²) < 4.78 is 69.2. The number of pyridine rings is 1. The van der Waals surface area contributed by atoms with Crippen LogP contribution >= 0.6 is 0 Å². The Labute approximate surface area is 425 Å². The number of hydrogen-bond donors (Lipinski definition) is 4. The first kappa shape index (κ1) is 50.7. The van der Waals surface area contributed by atoms with E-state index in [2.05, 4.69) is 67.9 Å². The van der Waals surface area contributed by atoms with Crippen LogP contribution < -0.4 is 24.4 Å². The van der Waals surface area contributed by atoms with Crippen LogP contribution in [0.5, 0.6) is 17.4 Å². The largest absolute Gasteiger partial charge is 0.472 e. The second-order valence-electron chi connectivity index (χ2n) is 21.5. The number of nitro benzene ring substituents is 1. The molecule has 2 saturated carbocycles. The standard InChI is InChI=1S/C54H66FN7O10S/c1-34(2)39-7-4-5-8-40(39)41-9-6-10-46(41)61-32-54(33-61)19-21-60(22-20-54)36-11-13-42(48(25-36)72-49-27-43-44(55)29-57-50(43)58-52(49)71-31-37-30-69-23-24-70-37)51(63)59-73(67,68)38-12-14-45(47(26-38)62(65)66)56-28-35-15-17-53(3,64)18-16-35/h4-5,7-8,11-14,25-27,29,34-35,37,41,46,56,64H,6,9-10,15-24,28,30-33H2,1-3H3,(H,57,58)(H,59,63)/t35-,37-,41+,46+,53-/m0/s1. The molecule has 3 aliphatic heterocycles. The number of carbonyl (C=O) groups excluding carboxylic acids is 1. The first-order valence-corrected chi connectivity index (χ1v) is 27.2. The fraction of sp³-hybridized carbons (Fsp3) is 0.519. The Kier molecular flexibility index (Phi) is 14.4. The molecule has 390 valence electrons. The molecule has 0 bridgehead atoms. The zero-order chi connectivity index (χ0) is 51.1. The Morgan fingerprint density at radius 1 is 1.01 bits per heavy atom. The van der Waals surface area contributed by atoms with E-state index in [1.807, 2.05) is 0 Å². The summed E-state index contributed by atoms with van der Waals surface area (Å²) in [6, 6.07) is 19.2. The van der Waals surface area contributed by atoms with Crippen LogP contribution in [-0.2, 0) is 19.5 Å². The molecular formula is C54H66FN7O10S. The number of aromatic nitrogens is 2. The number of fused-ring (bicyclic) bond motifs is 1. The summed E-state index contributed by atoms with van der Waals surface area (Å²) in [5, 5.41) is 25.9. The van der Waals surface area contributed by atoms with Crippen molar-refractivity contribution < 1.29 is 46.6 Å². The zero-order valence-electron chi connectivity index (χ0n) is 41.7. The number of benzene rings is 3.